The summed E-state index contributed by atoms with van der Waals surface area (Å²) in [4.78, 5) is 46.6. The minimum Gasteiger partial charge on any atom is -0.478 e. The second-order valence-electron chi connectivity index (χ2n) is 11.0. The van der Waals surface area contributed by atoms with Crippen molar-refractivity contribution in [2.24, 2.45) is 0 Å². The molecule has 4 rings (SSSR count). The molecule has 0 aliphatic carbocycles. The van der Waals surface area contributed by atoms with Crippen LogP contribution in [0.3, 0.4) is 0 Å². The molecule has 2 N–H and O–H groups in total. The van der Waals surface area contributed by atoms with Crippen LogP contribution in [0.1, 0.15) is 63.5 Å². The number of epoxide rings is 1. The smallest absolute Gasteiger partial charge is 0.341 e. The fourth-order valence-corrected chi connectivity index (χ4v) is 4.66. The summed E-state index contributed by atoms with van der Waals surface area (Å²) in [6.45, 7) is 15.1. The molecule has 1 aliphatic heterocycles. The van der Waals surface area contributed by atoms with Crippen LogP contribution >= 0.6 is 0 Å². The van der Waals surface area contributed by atoms with Crippen molar-refractivity contribution in [3.8, 4) is 0 Å². The number of benzene rings is 3. The van der Waals surface area contributed by atoms with Gasteiger partial charge in [0, 0.05) is 40.5 Å². The van der Waals surface area contributed by atoms with E-state index in [1.54, 1.807) is 13.0 Å². The number of carboxylic acid groups (broad SMARTS) is 1. The molecular weight excluding hydrogens is 598 g/mol. The molecule has 1 atom stereocenters. The minimum atomic E-state index is -1.07. The summed E-state index contributed by atoms with van der Waals surface area (Å²) < 4.78 is 15.1. The second-order valence-corrected chi connectivity index (χ2v) is 11.0. The third kappa shape index (κ3) is 10.4. The molecular formula is C38H41NO8. The average molecular weight is 640 g/mol. The maximum Gasteiger partial charge on any atom is 0.341 e. The Bertz CT molecular complexity index is 1750. The summed E-state index contributed by atoms with van der Waals surface area (Å²) in [5, 5.41) is 20.4. The van der Waals surface area contributed by atoms with E-state index in [0.717, 1.165) is 39.1 Å². The number of fused-ring (bicyclic) bond motifs is 2. The number of esters is 3. The Kier molecular flexibility index (Phi) is 13.5. The third-order valence-corrected chi connectivity index (χ3v) is 7.52. The van der Waals surface area contributed by atoms with Gasteiger partial charge in [0.2, 0.25) is 0 Å². The lowest BCUT2D eigenvalue weighted by atomic mass is 9.93. The number of carbonyl (C=O) groups is 4. The normalized spacial score (nSPS) is 13.6. The molecule has 0 bridgehead atoms. The fourth-order valence-electron chi connectivity index (χ4n) is 4.66. The highest BCUT2D eigenvalue weighted by Crippen LogP contribution is 2.31. The van der Waals surface area contributed by atoms with E-state index in [0.29, 0.717) is 43.4 Å². The zero-order valence-electron chi connectivity index (χ0n) is 26.9. The van der Waals surface area contributed by atoms with Gasteiger partial charge >= 0.3 is 23.9 Å². The number of rotatable bonds is 15. The van der Waals surface area contributed by atoms with E-state index in [2.05, 4.69) is 25.8 Å². The van der Waals surface area contributed by atoms with Crippen LogP contribution in [0.15, 0.2) is 90.6 Å². The van der Waals surface area contributed by atoms with E-state index in [1.165, 1.54) is 6.21 Å². The van der Waals surface area contributed by atoms with Crippen LogP contribution in [0.4, 0.5) is 0 Å². The standard InChI is InChI=1S/C28H27NO4.C10H14O4/c1-3-7-22(28(31)33-27(30)18(2)12-13-23-17-32-23)15-21-10-6-9-20-14-19-8-4-5-11-24(19)25(16-29)26(20)21;1-4-7(2)10(13)14-6-5-8(3)9(11)12/h4-6,8-11,14-16,23,29H,2-3,7,12-13,17H2,1H3;2-6H2,1H3,(H,11,12). The Balaban J connectivity index is 0.000000363. The number of hydrogen-bond acceptors (Lipinski definition) is 8. The van der Waals surface area contributed by atoms with E-state index in [1.807, 2.05) is 49.4 Å². The van der Waals surface area contributed by atoms with E-state index in [-0.39, 0.29) is 30.3 Å². The highest BCUT2D eigenvalue weighted by molar-refractivity contribution is 6.15. The van der Waals surface area contributed by atoms with Gasteiger partial charge in [-0.3, -0.25) is 0 Å². The van der Waals surface area contributed by atoms with Crippen molar-refractivity contribution >= 4 is 57.7 Å². The van der Waals surface area contributed by atoms with Crippen molar-refractivity contribution in [2.45, 2.75) is 58.5 Å². The maximum atomic E-state index is 12.9. The summed E-state index contributed by atoms with van der Waals surface area (Å²) in [7, 11) is 0. The topological polar surface area (TPSA) is 143 Å². The summed E-state index contributed by atoms with van der Waals surface area (Å²) in [5.74, 6) is -2.90. The van der Waals surface area contributed by atoms with Crippen molar-refractivity contribution in [1.82, 2.24) is 0 Å². The van der Waals surface area contributed by atoms with Crippen molar-refractivity contribution in [3.63, 3.8) is 0 Å². The first-order chi connectivity index (χ1) is 22.5. The largest absolute Gasteiger partial charge is 0.478 e. The van der Waals surface area contributed by atoms with Gasteiger partial charge in [-0.15, -0.1) is 0 Å². The average Bonchev–Trinajstić information content (AvgIpc) is 3.90. The molecule has 246 valence electrons. The first kappa shape index (κ1) is 36.3. The van der Waals surface area contributed by atoms with Gasteiger partial charge in [0.15, 0.2) is 0 Å². The van der Waals surface area contributed by atoms with E-state index >= 15 is 0 Å². The lowest BCUT2D eigenvalue weighted by Gasteiger charge is -2.12. The van der Waals surface area contributed by atoms with Crippen molar-refractivity contribution in [1.29, 1.82) is 5.41 Å². The molecule has 1 fully saturated rings. The predicted octanol–water partition coefficient (Wildman–Crippen LogP) is 7.51. The zero-order chi connectivity index (χ0) is 34.5. The molecule has 0 saturated carbocycles. The van der Waals surface area contributed by atoms with E-state index < -0.39 is 23.9 Å². The molecule has 1 unspecified atom stereocenters. The van der Waals surface area contributed by atoms with Crippen LogP contribution in [0, 0.1) is 5.41 Å². The monoisotopic (exact) mass is 639 g/mol. The molecule has 1 aliphatic rings. The van der Waals surface area contributed by atoms with Gasteiger partial charge in [-0.05, 0) is 64.9 Å². The van der Waals surface area contributed by atoms with Crippen molar-refractivity contribution in [3.05, 3.63) is 102 Å². The van der Waals surface area contributed by atoms with Gasteiger partial charge in [-0.1, -0.05) is 82.5 Å². The molecule has 0 spiro atoms. The molecule has 3 aromatic carbocycles. The Morgan fingerprint density at radius 1 is 0.915 bits per heavy atom. The molecule has 0 radical (unpaired) electrons. The third-order valence-electron chi connectivity index (χ3n) is 7.52. The maximum absolute atomic E-state index is 12.9. The van der Waals surface area contributed by atoms with Gasteiger partial charge in [-0.25, -0.2) is 19.2 Å². The SMILES string of the molecule is C=C(CCC1CO1)C(=O)OC(=O)C(=Cc1cccc2cc3ccccc3c(C=N)c12)CCC.C=C(CCOC(=O)C(=C)CC)C(=O)O. The van der Waals surface area contributed by atoms with Crippen LogP contribution in [0.5, 0.6) is 0 Å². The van der Waals surface area contributed by atoms with Crippen LogP contribution in [-0.4, -0.2) is 54.5 Å². The quantitative estimate of drug-likeness (QED) is 0.0434. The van der Waals surface area contributed by atoms with Gasteiger partial charge in [0.05, 0.1) is 19.3 Å². The molecule has 1 saturated heterocycles. The molecule has 3 aromatic rings. The summed E-state index contributed by atoms with van der Waals surface area (Å²) in [5.41, 5.74) is 2.71. The summed E-state index contributed by atoms with van der Waals surface area (Å²) >= 11 is 0. The van der Waals surface area contributed by atoms with Crippen LogP contribution < -0.4 is 0 Å². The molecule has 1 heterocycles. The Labute approximate surface area is 274 Å². The molecule has 9 heteroatoms. The first-order valence-electron chi connectivity index (χ1n) is 15.5. The zero-order valence-corrected chi connectivity index (χ0v) is 26.9. The fraction of sp³-hybridized carbons (Fsp3) is 0.289. The van der Waals surface area contributed by atoms with E-state index in [4.69, 9.17) is 24.7 Å². The van der Waals surface area contributed by atoms with Crippen molar-refractivity contribution in [2.75, 3.05) is 13.2 Å². The summed E-state index contributed by atoms with van der Waals surface area (Å²) in [6, 6.07) is 15.9. The highest BCUT2D eigenvalue weighted by atomic mass is 16.6. The van der Waals surface area contributed by atoms with Gasteiger partial charge < -0.3 is 24.7 Å². The van der Waals surface area contributed by atoms with Crippen LogP contribution in [0.2, 0.25) is 0 Å². The number of carbonyl (C=O) groups excluding carboxylic acids is 3. The molecule has 9 nitrogen and oxygen atoms in total. The van der Waals surface area contributed by atoms with Crippen LogP contribution in [-0.2, 0) is 33.4 Å². The van der Waals surface area contributed by atoms with Gasteiger partial charge in [-0.2, -0.15) is 0 Å². The lowest BCUT2D eigenvalue weighted by Crippen LogP contribution is -2.16. The lowest BCUT2D eigenvalue weighted by molar-refractivity contribution is -0.154. The number of hydrogen-bond donors (Lipinski definition) is 2. The minimum absolute atomic E-state index is 0.0277. The molecule has 47 heavy (non-hydrogen) atoms. The number of aliphatic carboxylic acids is 1. The number of carboxylic acids is 1. The first-order valence-corrected chi connectivity index (χ1v) is 15.5. The number of ether oxygens (including phenoxy) is 3. The Morgan fingerprint density at radius 3 is 2.26 bits per heavy atom. The molecule has 0 aromatic heterocycles. The molecule has 0 amide bonds. The summed E-state index contributed by atoms with van der Waals surface area (Å²) in [6.07, 6.45) is 6.33. The highest BCUT2D eigenvalue weighted by Gasteiger charge is 2.24. The Hall–Kier alpha value is -5.15. The van der Waals surface area contributed by atoms with Crippen molar-refractivity contribution < 1.29 is 38.5 Å². The van der Waals surface area contributed by atoms with Gasteiger partial charge in [0.1, 0.15) is 0 Å². The second kappa shape index (κ2) is 17.5. The number of nitrogens with one attached hydrogen (secondary N) is 1. The van der Waals surface area contributed by atoms with Crippen LogP contribution in [0.25, 0.3) is 27.6 Å². The van der Waals surface area contributed by atoms with Gasteiger partial charge in [0.25, 0.3) is 0 Å². The predicted molar refractivity (Wildman–Crippen MR) is 183 cm³/mol. The van der Waals surface area contributed by atoms with E-state index in [9.17, 15) is 19.2 Å². The Morgan fingerprint density at radius 2 is 1.62 bits per heavy atom.